The van der Waals surface area contributed by atoms with E-state index in [1.54, 1.807) is 30.5 Å². The number of hydrazone groups is 1. The molecule has 3 N–H and O–H groups in total. The van der Waals surface area contributed by atoms with E-state index in [4.69, 9.17) is 0 Å². The zero-order valence-electron chi connectivity index (χ0n) is 12.0. The standard InChI is InChI=1S/C17H13N3O3/c21-14-4-6-16(22)13(9-14)10-19-20-17(23)12-3-5-15-11(8-12)2-1-7-18-15/h1-10,21-22H,(H,20,23)/b19-10+. The van der Waals surface area contributed by atoms with Crippen molar-refractivity contribution in [3.8, 4) is 11.5 Å². The summed E-state index contributed by atoms with van der Waals surface area (Å²) in [5.74, 6) is -0.429. The summed E-state index contributed by atoms with van der Waals surface area (Å²) in [5, 5.41) is 23.6. The molecule has 3 rings (SSSR count). The van der Waals surface area contributed by atoms with Crippen LogP contribution >= 0.6 is 0 Å². The van der Waals surface area contributed by atoms with Crippen molar-refractivity contribution < 1.29 is 15.0 Å². The fourth-order valence-corrected chi connectivity index (χ4v) is 2.09. The second-order valence-corrected chi connectivity index (χ2v) is 4.85. The lowest BCUT2D eigenvalue weighted by Gasteiger charge is -2.02. The number of carbonyl (C=O) groups is 1. The van der Waals surface area contributed by atoms with Crippen molar-refractivity contribution in [2.45, 2.75) is 0 Å². The Balaban J connectivity index is 1.75. The fourth-order valence-electron chi connectivity index (χ4n) is 2.09. The summed E-state index contributed by atoms with van der Waals surface area (Å²) in [6, 6.07) is 12.8. The minimum absolute atomic E-state index is 0.00222. The lowest BCUT2D eigenvalue weighted by atomic mass is 10.1. The summed E-state index contributed by atoms with van der Waals surface area (Å²) >= 11 is 0. The molecule has 2 aromatic carbocycles. The van der Waals surface area contributed by atoms with Gasteiger partial charge in [-0.05, 0) is 42.5 Å². The molecule has 0 fully saturated rings. The first-order chi connectivity index (χ1) is 11.1. The molecule has 0 aliphatic carbocycles. The summed E-state index contributed by atoms with van der Waals surface area (Å²) in [4.78, 5) is 16.3. The summed E-state index contributed by atoms with van der Waals surface area (Å²) in [6.07, 6.45) is 2.95. The number of aromatic nitrogens is 1. The van der Waals surface area contributed by atoms with Gasteiger partial charge in [-0.3, -0.25) is 9.78 Å². The van der Waals surface area contributed by atoms with Crippen LogP contribution in [-0.2, 0) is 0 Å². The minimum atomic E-state index is -0.383. The van der Waals surface area contributed by atoms with Gasteiger partial charge in [-0.15, -0.1) is 0 Å². The van der Waals surface area contributed by atoms with Crippen LogP contribution in [-0.4, -0.2) is 27.3 Å². The number of rotatable bonds is 3. The normalized spacial score (nSPS) is 11.0. The molecule has 0 bridgehead atoms. The summed E-state index contributed by atoms with van der Waals surface area (Å²) in [7, 11) is 0. The van der Waals surface area contributed by atoms with E-state index < -0.39 is 0 Å². The number of phenolic OH excluding ortho intramolecular Hbond substituents is 2. The molecule has 114 valence electrons. The highest BCUT2D eigenvalue weighted by Crippen LogP contribution is 2.20. The number of hydrogen-bond donors (Lipinski definition) is 3. The number of pyridine rings is 1. The Morgan fingerprint density at radius 1 is 1.13 bits per heavy atom. The van der Waals surface area contributed by atoms with Gasteiger partial charge >= 0.3 is 0 Å². The van der Waals surface area contributed by atoms with Crippen molar-refractivity contribution in [2.75, 3.05) is 0 Å². The van der Waals surface area contributed by atoms with Crippen molar-refractivity contribution in [2.24, 2.45) is 5.10 Å². The third kappa shape index (κ3) is 3.26. The second-order valence-electron chi connectivity index (χ2n) is 4.85. The van der Waals surface area contributed by atoms with Crippen molar-refractivity contribution in [1.29, 1.82) is 0 Å². The van der Waals surface area contributed by atoms with E-state index in [2.05, 4.69) is 15.5 Å². The molecule has 0 radical (unpaired) electrons. The maximum absolute atomic E-state index is 12.1. The van der Waals surface area contributed by atoms with Crippen molar-refractivity contribution in [3.63, 3.8) is 0 Å². The van der Waals surface area contributed by atoms with Gasteiger partial charge in [0.1, 0.15) is 11.5 Å². The van der Waals surface area contributed by atoms with Crippen molar-refractivity contribution in [3.05, 3.63) is 65.9 Å². The maximum atomic E-state index is 12.1. The second kappa shape index (κ2) is 6.15. The molecule has 0 spiro atoms. The number of aromatic hydroxyl groups is 2. The third-order valence-corrected chi connectivity index (χ3v) is 3.25. The van der Waals surface area contributed by atoms with E-state index in [1.807, 2.05) is 6.07 Å². The molecule has 3 aromatic rings. The predicted octanol–water partition coefficient (Wildman–Crippen LogP) is 2.41. The fraction of sp³-hybridized carbons (Fsp3) is 0. The molecule has 0 unspecified atom stereocenters. The van der Waals surface area contributed by atoms with Gasteiger partial charge in [0.15, 0.2) is 0 Å². The highest BCUT2D eigenvalue weighted by atomic mass is 16.3. The molecule has 0 atom stereocenters. The topological polar surface area (TPSA) is 94.8 Å². The Kier molecular flexibility index (Phi) is 3.88. The van der Waals surface area contributed by atoms with Gasteiger partial charge in [-0.25, -0.2) is 5.43 Å². The molecular weight excluding hydrogens is 294 g/mol. The van der Waals surface area contributed by atoms with Crippen LogP contribution in [0.1, 0.15) is 15.9 Å². The number of phenols is 2. The van der Waals surface area contributed by atoms with Crippen molar-refractivity contribution in [1.82, 2.24) is 10.4 Å². The van der Waals surface area contributed by atoms with E-state index in [-0.39, 0.29) is 17.4 Å². The first-order valence-electron chi connectivity index (χ1n) is 6.84. The predicted molar refractivity (Wildman–Crippen MR) is 86.6 cm³/mol. The molecule has 6 heteroatoms. The molecular formula is C17H13N3O3. The monoisotopic (exact) mass is 307 g/mol. The van der Waals surface area contributed by atoms with Gasteiger partial charge in [-0.1, -0.05) is 6.07 Å². The van der Waals surface area contributed by atoms with Crippen LogP contribution in [0.25, 0.3) is 10.9 Å². The molecule has 0 saturated heterocycles. The van der Waals surface area contributed by atoms with Crippen LogP contribution in [0.5, 0.6) is 11.5 Å². The van der Waals surface area contributed by atoms with Gasteiger partial charge in [0.05, 0.1) is 11.7 Å². The summed E-state index contributed by atoms with van der Waals surface area (Å²) in [6.45, 7) is 0. The zero-order valence-corrected chi connectivity index (χ0v) is 12.0. The molecule has 0 saturated carbocycles. The number of hydrogen-bond acceptors (Lipinski definition) is 5. The highest BCUT2D eigenvalue weighted by Gasteiger charge is 2.06. The Bertz CT molecular complexity index is 906. The van der Waals surface area contributed by atoms with E-state index in [1.165, 1.54) is 24.4 Å². The molecule has 0 aliphatic heterocycles. The molecule has 6 nitrogen and oxygen atoms in total. The molecule has 23 heavy (non-hydrogen) atoms. The quantitative estimate of drug-likeness (QED) is 0.393. The van der Waals surface area contributed by atoms with Crippen molar-refractivity contribution >= 4 is 23.0 Å². The smallest absolute Gasteiger partial charge is 0.271 e. The Morgan fingerprint density at radius 2 is 2.00 bits per heavy atom. The number of nitrogens with zero attached hydrogens (tertiary/aromatic N) is 2. The van der Waals surface area contributed by atoms with Crippen LogP contribution in [0.15, 0.2) is 59.8 Å². The Labute approximate surface area is 131 Å². The van der Waals surface area contributed by atoms with E-state index >= 15 is 0 Å². The average molecular weight is 307 g/mol. The van der Waals surface area contributed by atoms with Crippen LogP contribution < -0.4 is 5.43 Å². The highest BCUT2D eigenvalue weighted by molar-refractivity contribution is 5.98. The average Bonchev–Trinajstić information content (AvgIpc) is 2.57. The maximum Gasteiger partial charge on any atom is 0.271 e. The summed E-state index contributed by atoms with van der Waals surface area (Å²) < 4.78 is 0. The molecule has 0 aliphatic rings. The SMILES string of the molecule is O=C(N/N=C/c1cc(O)ccc1O)c1ccc2ncccc2c1. The molecule has 1 aromatic heterocycles. The largest absolute Gasteiger partial charge is 0.508 e. The summed E-state index contributed by atoms with van der Waals surface area (Å²) in [5.41, 5.74) is 3.93. The van der Waals surface area contributed by atoms with E-state index in [0.29, 0.717) is 11.1 Å². The van der Waals surface area contributed by atoms with Crippen LogP contribution in [0.2, 0.25) is 0 Å². The van der Waals surface area contributed by atoms with E-state index in [9.17, 15) is 15.0 Å². The number of fused-ring (bicyclic) bond motifs is 1. The number of benzene rings is 2. The van der Waals surface area contributed by atoms with Gasteiger partial charge in [0, 0.05) is 22.7 Å². The zero-order chi connectivity index (χ0) is 16.2. The Morgan fingerprint density at radius 3 is 2.87 bits per heavy atom. The van der Waals surface area contributed by atoms with Gasteiger partial charge in [0.25, 0.3) is 5.91 Å². The van der Waals surface area contributed by atoms with Crippen LogP contribution in [0.3, 0.4) is 0 Å². The van der Waals surface area contributed by atoms with Gasteiger partial charge in [-0.2, -0.15) is 5.10 Å². The number of amides is 1. The van der Waals surface area contributed by atoms with Crippen LogP contribution in [0, 0.1) is 0 Å². The number of carbonyl (C=O) groups excluding carboxylic acids is 1. The first kappa shape index (κ1) is 14.5. The van der Waals surface area contributed by atoms with Gasteiger partial charge < -0.3 is 10.2 Å². The van der Waals surface area contributed by atoms with Crippen LogP contribution in [0.4, 0.5) is 0 Å². The molecule has 1 amide bonds. The Hall–Kier alpha value is -3.41. The number of nitrogens with one attached hydrogen (secondary N) is 1. The first-order valence-corrected chi connectivity index (χ1v) is 6.84. The lowest BCUT2D eigenvalue weighted by molar-refractivity contribution is 0.0955. The minimum Gasteiger partial charge on any atom is -0.508 e. The van der Waals surface area contributed by atoms with Gasteiger partial charge in [0.2, 0.25) is 0 Å². The lowest BCUT2D eigenvalue weighted by Crippen LogP contribution is -2.17. The molecule has 1 heterocycles. The third-order valence-electron chi connectivity index (χ3n) is 3.25. The van der Waals surface area contributed by atoms with E-state index in [0.717, 1.165) is 10.9 Å².